The molecule has 116 valence electrons. The van der Waals surface area contributed by atoms with Crippen LogP contribution in [0.2, 0.25) is 0 Å². The van der Waals surface area contributed by atoms with Crippen molar-refractivity contribution in [3.63, 3.8) is 0 Å². The van der Waals surface area contributed by atoms with E-state index in [1.165, 1.54) is 12.8 Å². The molecule has 0 rings (SSSR count). The van der Waals surface area contributed by atoms with Crippen LogP contribution in [-0.2, 0) is 4.79 Å². The average molecular weight is 281 g/mol. The lowest BCUT2D eigenvalue weighted by molar-refractivity contribution is -0.126. The Hall–Kier alpha value is -1.35. The molecule has 0 spiro atoms. The van der Waals surface area contributed by atoms with Gasteiger partial charge in [0.1, 0.15) is 0 Å². The van der Waals surface area contributed by atoms with E-state index >= 15 is 0 Å². The number of nitrogens with zero attached hydrogens (tertiary/aromatic N) is 1. The number of aliphatic hydroxyl groups excluding tert-OH is 1. The van der Waals surface area contributed by atoms with Crippen molar-refractivity contribution < 1.29 is 9.90 Å². The zero-order valence-corrected chi connectivity index (χ0v) is 13.4. The van der Waals surface area contributed by atoms with E-state index in [2.05, 4.69) is 32.2 Å². The summed E-state index contributed by atoms with van der Waals surface area (Å²) in [7, 11) is 0. The molecule has 0 saturated carbocycles. The minimum atomic E-state index is 0.0343. The van der Waals surface area contributed by atoms with E-state index in [1.54, 1.807) is 13.8 Å². The lowest BCUT2D eigenvalue weighted by atomic mass is 10.2. The molecule has 1 N–H and O–H groups in total. The Morgan fingerprint density at radius 2 is 1.85 bits per heavy atom. The molecule has 0 saturated heterocycles. The molecular formula is C17H31NO2. The minimum absolute atomic E-state index is 0.0343. The third-order valence-electron chi connectivity index (χ3n) is 2.47. The Morgan fingerprint density at radius 1 is 1.25 bits per heavy atom. The topological polar surface area (TPSA) is 40.5 Å². The summed E-state index contributed by atoms with van der Waals surface area (Å²) in [6.07, 6.45) is 10.4. The van der Waals surface area contributed by atoms with Crippen LogP contribution in [0.5, 0.6) is 0 Å². The van der Waals surface area contributed by atoms with Gasteiger partial charge in [-0.05, 0) is 26.7 Å². The fourth-order valence-electron chi connectivity index (χ4n) is 1.43. The van der Waals surface area contributed by atoms with Gasteiger partial charge in [-0.15, -0.1) is 6.58 Å². The highest BCUT2D eigenvalue weighted by Crippen LogP contribution is 2.02. The van der Waals surface area contributed by atoms with Crippen LogP contribution in [0.4, 0.5) is 0 Å². The maximum Gasteiger partial charge on any atom is 0.249 e. The van der Waals surface area contributed by atoms with Gasteiger partial charge < -0.3 is 10.0 Å². The maximum absolute atomic E-state index is 11.8. The van der Waals surface area contributed by atoms with Gasteiger partial charge in [0.25, 0.3) is 0 Å². The van der Waals surface area contributed by atoms with Gasteiger partial charge in [0.2, 0.25) is 5.91 Å². The van der Waals surface area contributed by atoms with Gasteiger partial charge in [0.15, 0.2) is 0 Å². The number of carbonyl (C=O) groups excluding carboxylic acids is 1. The zero-order valence-electron chi connectivity index (χ0n) is 13.4. The highest BCUT2D eigenvalue weighted by molar-refractivity contribution is 5.92. The van der Waals surface area contributed by atoms with Crippen molar-refractivity contribution in [3.05, 3.63) is 37.0 Å². The summed E-state index contributed by atoms with van der Waals surface area (Å²) in [6.45, 7) is 14.6. The number of amides is 1. The summed E-state index contributed by atoms with van der Waals surface area (Å²) >= 11 is 0. The SMILES string of the molecule is C=CCCN(C/C=C/CCCC)C(=O)C(=C)C.CCO. The van der Waals surface area contributed by atoms with Gasteiger partial charge in [-0.3, -0.25) is 4.79 Å². The standard InChI is InChI=1S/C15H25NO.C2H6O/c1-5-7-9-10-11-13-16(12-8-6-2)15(17)14(3)4;1-2-3/h6,10-11H,2-3,5,7-9,12-13H2,1,4H3;3H,2H2,1H3/b11-10+;. The van der Waals surface area contributed by atoms with Crippen molar-refractivity contribution in [1.29, 1.82) is 0 Å². The van der Waals surface area contributed by atoms with E-state index in [9.17, 15) is 4.79 Å². The number of hydrogen-bond donors (Lipinski definition) is 1. The molecule has 3 nitrogen and oxygen atoms in total. The van der Waals surface area contributed by atoms with Crippen molar-refractivity contribution in [2.45, 2.75) is 46.5 Å². The van der Waals surface area contributed by atoms with Crippen molar-refractivity contribution in [2.24, 2.45) is 0 Å². The summed E-state index contributed by atoms with van der Waals surface area (Å²) in [4.78, 5) is 13.6. The molecule has 0 atom stereocenters. The van der Waals surface area contributed by atoms with Crippen molar-refractivity contribution in [2.75, 3.05) is 19.7 Å². The van der Waals surface area contributed by atoms with Crippen LogP contribution in [0.15, 0.2) is 37.0 Å². The number of allylic oxidation sites excluding steroid dienone is 1. The van der Waals surface area contributed by atoms with Gasteiger partial charge in [0, 0.05) is 25.3 Å². The lowest BCUT2D eigenvalue weighted by Gasteiger charge is -2.20. The fraction of sp³-hybridized carbons (Fsp3) is 0.588. The first-order valence-corrected chi connectivity index (χ1v) is 7.36. The first kappa shape index (κ1) is 21.0. The second-order valence-electron chi connectivity index (χ2n) is 4.54. The van der Waals surface area contributed by atoms with E-state index in [4.69, 9.17) is 5.11 Å². The first-order chi connectivity index (χ1) is 9.54. The molecule has 0 aliphatic heterocycles. The predicted molar refractivity (Wildman–Crippen MR) is 87.6 cm³/mol. The number of aliphatic hydroxyl groups is 1. The van der Waals surface area contributed by atoms with Crippen LogP contribution in [0.3, 0.4) is 0 Å². The van der Waals surface area contributed by atoms with E-state index < -0.39 is 0 Å². The molecule has 0 aromatic heterocycles. The Kier molecular flexibility index (Phi) is 16.5. The summed E-state index contributed by atoms with van der Waals surface area (Å²) in [5.74, 6) is 0.0343. The number of rotatable bonds is 9. The normalized spacial score (nSPS) is 9.80. The van der Waals surface area contributed by atoms with E-state index in [-0.39, 0.29) is 12.5 Å². The molecule has 20 heavy (non-hydrogen) atoms. The average Bonchev–Trinajstić information content (AvgIpc) is 2.42. The van der Waals surface area contributed by atoms with Crippen molar-refractivity contribution >= 4 is 5.91 Å². The van der Waals surface area contributed by atoms with Crippen LogP contribution < -0.4 is 0 Å². The second kappa shape index (κ2) is 15.7. The molecule has 0 fully saturated rings. The Bertz CT molecular complexity index is 295. The third kappa shape index (κ3) is 13.1. The first-order valence-electron chi connectivity index (χ1n) is 7.36. The number of hydrogen-bond acceptors (Lipinski definition) is 2. The summed E-state index contributed by atoms with van der Waals surface area (Å²) in [5, 5.41) is 7.57. The van der Waals surface area contributed by atoms with Crippen LogP contribution in [0, 0.1) is 0 Å². The number of unbranched alkanes of at least 4 members (excludes halogenated alkanes) is 2. The van der Waals surface area contributed by atoms with E-state index in [1.807, 2.05) is 11.0 Å². The maximum atomic E-state index is 11.8. The van der Waals surface area contributed by atoms with Crippen LogP contribution in [0.25, 0.3) is 0 Å². The predicted octanol–water partition coefficient (Wildman–Crippen LogP) is 3.71. The second-order valence-corrected chi connectivity index (χ2v) is 4.54. The molecule has 0 aromatic rings. The molecule has 3 heteroatoms. The largest absolute Gasteiger partial charge is 0.397 e. The Balaban J connectivity index is 0. The molecular weight excluding hydrogens is 250 g/mol. The van der Waals surface area contributed by atoms with E-state index in [0.29, 0.717) is 18.7 Å². The van der Waals surface area contributed by atoms with Gasteiger partial charge in [-0.25, -0.2) is 0 Å². The van der Waals surface area contributed by atoms with Crippen LogP contribution in [-0.4, -0.2) is 35.6 Å². The molecule has 0 unspecified atom stereocenters. The Labute approximate surface area is 124 Å². The quantitative estimate of drug-likeness (QED) is 0.397. The Morgan fingerprint density at radius 3 is 2.30 bits per heavy atom. The minimum Gasteiger partial charge on any atom is -0.397 e. The number of carbonyl (C=O) groups is 1. The zero-order chi connectivity index (χ0) is 15.8. The molecule has 1 amide bonds. The summed E-state index contributed by atoms with van der Waals surface area (Å²) in [5.41, 5.74) is 0.594. The van der Waals surface area contributed by atoms with Crippen molar-refractivity contribution in [1.82, 2.24) is 4.90 Å². The highest BCUT2D eigenvalue weighted by atomic mass is 16.2. The summed E-state index contributed by atoms with van der Waals surface area (Å²) < 4.78 is 0. The van der Waals surface area contributed by atoms with Gasteiger partial charge >= 0.3 is 0 Å². The molecule has 0 aliphatic carbocycles. The van der Waals surface area contributed by atoms with Gasteiger partial charge in [-0.1, -0.05) is 44.6 Å². The monoisotopic (exact) mass is 281 g/mol. The molecule has 0 aromatic carbocycles. The van der Waals surface area contributed by atoms with Crippen LogP contribution in [0.1, 0.15) is 46.5 Å². The van der Waals surface area contributed by atoms with Gasteiger partial charge in [-0.2, -0.15) is 0 Å². The third-order valence-corrected chi connectivity index (χ3v) is 2.47. The van der Waals surface area contributed by atoms with Crippen LogP contribution >= 0.6 is 0 Å². The van der Waals surface area contributed by atoms with Gasteiger partial charge in [0.05, 0.1) is 0 Å². The fourth-order valence-corrected chi connectivity index (χ4v) is 1.43. The van der Waals surface area contributed by atoms with E-state index in [0.717, 1.165) is 12.8 Å². The molecule has 0 bridgehead atoms. The lowest BCUT2D eigenvalue weighted by Crippen LogP contribution is -2.32. The molecule has 0 heterocycles. The smallest absolute Gasteiger partial charge is 0.249 e. The molecule has 0 aliphatic rings. The highest BCUT2D eigenvalue weighted by Gasteiger charge is 2.11. The molecule has 0 radical (unpaired) electrons. The van der Waals surface area contributed by atoms with Crippen molar-refractivity contribution in [3.8, 4) is 0 Å². The summed E-state index contributed by atoms with van der Waals surface area (Å²) in [6, 6.07) is 0.